The average Bonchev–Trinajstić information content (AvgIpc) is 3.18. The van der Waals surface area contributed by atoms with E-state index in [1.54, 1.807) is 0 Å². The summed E-state index contributed by atoms with van der Waals surface area (Å²) < 4.78 is 2.08. The molecule has 3 aromatic heterocycles. The number of aromatic nitrogens is 4. The van der Waals surface area contributed by atoms with E-state index in [0.717, 1.165) is 29.9 Å². The number of H-pyrrole nitrogens is 1. The molecule has 29 heavy (non-hydrogen) atoms. The smallest absolute Gasteiger partial charge is 0.276 e. The minimum atomic E-state index is -0.0854. The first-order valence-corrected chi connectivity index (χ1v) is 10.3. The quantitative estimate of drug-likeness (QED) is 0.694. The van der Waals surface area contributed by atoms with Crippen molar-refractivity contribution in [3.05, 3.63) is 40.5 Å². The second-order valence-corrected chi connectivity index (χ2v) is 8.59. The molecule has 3 aromatic rings. The van der Waals surface area contributed by atoms with E-state index in [4.69, 9.17) is 10.7 Å². The molecule has 1 amide bonds. The van der Waals surface area contributed by atoms with Crippen LogP contribution in [0.25, 0.3) is 11.0 Å². The molecular formula is C22H30N6O. The molecule has 0 aromatic carbocycles. The van der Waals surface area contributed by atoms with Gasteiger partial charge in [0.25, 0.3) is 5.91 Å². The molecule has 0 spiro atoms. The lowest BCUT2D eigenvalue weighted by Gasteiger charge is -2.43. The van der Waals surface area contributed by atoms with Crippen molar-refractivity contribution in [2.75, 3.05) is 5.73 Å². The van der Waals surface area contributed by atoms with Gasteiger partial charge in [0.2, 0.25) is 0 Å². The fourth-order valence-electron chi connectivity index (χ4n) is 4.98. The fourth-order valence-corrected chi connectivity index (χ4v) is 4.98. The van der Waals surface area contributed by atoms with Crippen LogP contribution >= 0.6 is 0 Å². The minimum Gasteiger partial charge on any atom is -0.395 e. The third kappa shape index (κ3) is 2.99. The van der Waals surface area contributed by atoms with Gasteiger partial charge < -0.3 is 15.2 Å². The van der Waals surface area contributed by atoms with Crippen molar-refractivity contribution in [3.8, 4) is 0 Å². The number of hydrogen-bond donors (Lipinski definition) is 2. The average molecular weight is 395 g/mol. The number of pyridine rings is 1. The maximum atomic E-state index is 13.2. The van der Waals surface area contributed by atoms with Crippen molar-refractivity contribution in [1.82, 2.24) is 24.6 Å². The summed E-state index contributed by atoms with van der Waals surface area (Å²) in [5.74, 6) is 0.298. The molecule has 4 rings (SSSR count). The summed E-state index contributed by atoms with van der Waals surface area (Å²) in [6.07, 6.45) is 3.90. The van der Waals surface area contributed by atoms with Crippen molar-refractivity contribution >= 4 is 22.6 Å². The number of amides is 1. The molecule has 1 aliphatic rings. The van der Waals surface area contributed by atoms with Crippen LogP contribution in [-0.2, 0) is 7.05 Å². The van der Waals surface area contributed by atoms with Crippen molar-refractivity contribution < 1.29 is 4.79 Å². The van der Waals surface area contributed by atoms with Crippen LogP contribution in [0.3, 0.4) is 0 Å². The van der Waals surface area contributed by atoms with Crippen LogP contribution in [0.2, 0.25) is 0 Å². The highest BCUT2D eigenvalue weighted by molar-refractivity contribution is 5.98. The van der Waals surface area contributed by atoms with Crippen molar-refractivity contribution in [1.29, 1.82) is 0 Å². The van der Waals surface area contributed by atoms with Gasteiger partial charge in [-0.3, -0.25) is 9.89 Å². The largest absolute Gasteiger partial charge is 0.395 e. The number of anilines is 1. The SMILES string of the molecule is Cc1nc2c(ccn2C)c(C2CC(C)N(C(=O)c3n[nH]c(C)c3N)C(C)C2)c1C. The van der Waals surface area contributed by atoms with Gasteiger partial charge >= 0.3 is 0 Å². The molecule has 7 heteroatoms. The van der Waals surface area contributed by atoms with Gasteiger partial charge in [0.05, 0.1) is 11.4 Å². The van der Waals surface area contributed by atoms with Crippen molar-refractivity contribution in [3.63, 3.8) is 0 Å². The number of nitrogens with two attached hydrogens (primary N) is 1. The van der Waals surface area contributed by atoms with E-state index in [9.17, 15) is 4.79 Å². The zero-order valence-corrected chi connectivity index (χ0v) is 18.1. The lowest BCUT2D eigenvalue weighted by Crippen LogP contribution is -2.49. The van der Waals surface area contributed by atoms with Gasteiger partial charge in [-0.2, -0.15) is 5.10 Å². The monoisotopic (exact) mass is 394 g/mol. The third-order valence-corrected chi connectivity index (χ3v) is 6.59. The zero-order chi connectivity index (χ0) is 21.0. The van der Waals surface area contributed by atoms with Crippen LogP contribution < -0.4 is 5.73 Å². The number of aromatic amines is 1. The maximum Gasteiger partial charge on any atom is 0.276 e. The summed E-state index contributed by atoms with van der Waals surface area (Å²) in [6, 6.07) is 2.36. The van der Waals surface area contributed by atoms with Crippen LogP contribution in [0, 0.1) is 20.8 Å². The summed E-state index contributed by atoms with van der Waals surface area (Å²) in [7, 11) is 2.04. The topological polar surface area (TPSA) is 92.8 Å². The Hall–Kier alpha value is -2.83. The number of fused-ring (bicyclic) bond motifs is 1. The molecule has 4 heterocycles. The fraction of sp³-hybridized carbons (Fsp3) is 0.500. The molecular weight excluding hydrogens is 364 g/mol. The molecule has 0 aliphatic carbocycles. The third-order valence-electron chi connectivity index (χ3n) is 6.59. The first-order valence-electron chi connectivity index (χ1n) is 10.3. The van der Waals surface area contributed by atoms with Gasteiger partial charge in [-0.05, 0) is 70.6 Å². The molecule has 0 bridgehead atoms. The van der Waals surface area contributed by atoms with Crippen LogP contribution in [-0.4, -0.2) is 42.6 Å². The number of hydrogen-bond acceptors (Lipinski definition) is 4. The maximum absolute atomic E-state index is 13.2. The van der Waals surface area contributed by atoms with Gasteiger partial charge in [-0.1, -0.05) is 0 Å². The zero-order valence-electron chi connectivity index (χ0n) is 18.1. The van der Waals surface area contributed by atoms with Gasteiger partial charge in [0, 0.05) is 36.4 Å². The summed E-state index contributed by atoms with van der Waals surface area (Å²) in [5.41, 5.74) is 12.3. The summed E-state index contributed by atoms with van der Waals surface area (Å²) >= 11 is 0. The molecule has 1 saturated heterocycles. The van der Waals surface area contributed by atoms with Crippen LogP contribution in [0.4, 0.5) is 5.69 Å². The van der Waals surface area contributed by atoms with E-state index < -0.39 is 0 Å². The number of likely N-dealkylation sites (tertiary alicyclic amines) is 1. The van der Waals surface area contributed by atoms with E-state index in [0.29, 0.717) is 17.3 Å². The van der Waals surface area contributed by atoms with Crippen LogP contribution in [0.1, 0.15) is 65.6 Å². The summed E-state index contributed by atoms with van der Waals surface area (Å²) in [6.45, 7) is 10.3. The number of nitrogen functional groups attached to an aromatic ring is 1. The molecule has 1 fully saturated rings. The van der Waals surface area contributed by atoms with E-state index in [-0.39, 0.29) is 18.0 Å². The molecule has 7 nitrogen and oxygen atoms in total. The first kappa shape index (κ1) is 19.5. The minimum absolute atomic E-state index is 0.0854. The Labute approximate surface area is 171 Å². The molecule has 0 saturated carbocycles. The molecule has 0 radical (unpaired) electrons. The molecule has 154 valence electrons. The number of nitrogens with one attached hydrogen (secondary N) is 1. The highest BCUT2D eigenvalue weighted by Crippen LogP contribution is 2.40. The molecule has 2 atom stereocenters. The van der Waals surface area contributed by atoms with Crippen LogP contribution in [0.15, 0.2) is 12.3 Å². The van der Waals surface area contributed by atoms with Gasteiger partial charge in [0.1, 0.15) is 5.65 Å². The number of aryl methyl sites for hydroxylation is 3. The van der Waals surface area contributed by atoms with E-state index in [1.807, 2.05) is 18.9 Å². The highest BCUT2D eigenvalue weighted by atomic mass is 16.2. The van der Waals surface area contributed by atoms with Crippen molar-refractivity contribution in [2.24, 2.45) is 7.05 Å². The number of nitrogens with zero attached hydrogens (tertiary/aromatic N) is 4. The van der Waals surface area contributed by atoms with Gasteiger partial charge in [-0.25, -0.2) is 4.98 Å². The highest BCUT2D eigenvalue weighted by Gasteiger charge is 2.37. The predicted molar refractivity (Wildman–Crippen MR) is 115 cm³/mol. The lowest BCUT2D eigenvalue weighted by atomic mass is 9.79. The number of rotatable bonds is 2. The van der Waals surface area contributed by atoms with Crippen molar-refractivity contribution in [2.45, 2.75) is 65.5 Å². The van der Waals surface area contributed by atoms with E-state index >= 15 is 0 Å². The van der Waals surface area contributed by atoms with Gasteiger partial charge in [0.15, 0.2) is 5.69 Å². The van der Waals surface area contributed by atoms with E-state index in [1.165, 1.54) is 16.5 Å². The Morgan fingerprint density at radius 3 is 2.45 bits per heavy atom. The Kier molecular flexibility index (Phi) is 4.63. The lowest BCUT2D eigenvalue weighted by molar-refractivity contribution is 0.0474. The summed E-state index contributed by atoms with van der Waals surface area (Å²) in [4.78, 5) is 19.9. The first-order chi connectivity index (χ1) is 13.7. The Morgan fingerprint density at radius 2 is 1.86 bits per heavy atom. The normalized spacial score (nSPS) is 22.4. The second-order valence-electron chi connectivity index (χ2n) is 8.59. The Morgan fingerprint density at radius 1 is 1.21 bits per heavy atom. The molecule has 2 unspecified atom stereocenters. The van der Waals surface area contributed by atoms with Gasteiger partial charge in [-0.15, -0.1) is 0 Å². The molecule has 1 aliphatic heterocycles. The predicted octanol–water partition coefficient (Wildman–Crippen LogP) is 3.60. The van der Waals surface area contributed by atoms with E-state index in [2.05, 4.69) is 54.7 Å². The Balaban J connectivity index is 1.68. The number of carbonyl (C=O) groups is 1. The second kappa shape index (κ2) is 6.90. The number of carbonyl (C=O) groups excluding carboxylic acids is 1. The molecule has 3 N–H and O–H groups in total. The standard InChI is InChI=1S/C22H30N6O/c1-11-9-16(18-13(3)14(4)24-21-17(18)7-8-27(21)6)10-12(2)28(11)22(29)20-19(23)15(5)25-26-20/h7-8,11-12,16H,9-10,23H2,1-6H3,(H,25,26). The van der Waals surface area contributed by atoms with Crippen LogP contribution in [0.5, 0.6) is 0 Å². The Bertz CT molecular complexity index is 1080. The number of piperidine rings is 1. The summed E-state index contributed by atoms with van der Waals surface area (Å²) in [5, 5.41) is 8.21.